The van der Waals surface area contributed by atoms with E-state index in [1.165, 1.54) is 5.56 Å². The number of nitrogens with zero attached hydrogens (tertiary/aromatic N) is 4. The molecule has 4 aromatic rings. The van der Waals surface area contributed by atoms with Gasteiger partial charge in [0.05, 0.1) is 23.5 Å². The van der Waals surface area contributed by atoms with Gasteiger partial charge in [-0.1, -0.05) is 60.1 Å². The van der Waals surface area contributed by atoms with Gasteiger partial charge in [0.2, 0.25) is 0 Å². The predicted molar refractivity (Wildman–Crippen MR) is 138 cm³/mol. The van der Waals surface area contributed by atoms with Crippen molar-refractivity contribution < 1.29 is 9.53 Å². The summed E-state index contributed by atoms with van der Waals surface area (Å²) in [6.45, 7) is 3.88. The molecule has 5 rings (SSSR count). The van der Waals surface area contributed by atoms with Gasteiger partial charge in [0.1, 0.15) is 11.4 Å². The summed E-state index contributed by atoms with van der Waals surface area (Å²) in [7, 11) is 1.63. The molecule has 0 radical (unpaired) electrons. The Hall–Kier alpha value is -3.61. The van der Waals surface area contributed by atoms with E-state index in [1.54, 1.807) is 11.8 Å². The van der Waals surface area contributed by atoms with Crippen LogP contribution in [0.15, 0.2) is 84.9 Å². The van der Waals surface area contributed by atoms with E-state index in [1.807, 2.05) is 65.6 Å². The first-order valence-electron chi connectivity index (χ1n) is 11.7. The van der Waals surface area contributed by atoms with E-state index in [2.05, 4.69) is 29.2 Å². The first-order chi connectivity index (χ1) is 17.1. The molecular formula is C28H27ClN4O2. The molecular weight excluding hydrogens is 460 g/mol. The van der Waals surface area contributed by atoms with Crippen LogP contribution in [0.25, 0.3) is 16.9 Å². The highest BCUT2D eigenvalue weighted by Crippen LogP contribution is 2.29. The maximum Gasteiger partial charge on any atom is 0.272 e. The largest absolute Gasteiger partial charge is 0.497 e. The second-order valence-corrected chi connectivity index (χ2v) is 8.97. The number of ether oxygens (including phenoxy) is 1. The van der Waals surface area contributed by atoms with Crippen molar-refractivity contribution in [2.24, 2.45) is 0 Å². The number of hydrogen-bond acceptors (Lipinski definition) is 4. The van der Waals surface area contributed by atoms with E-state index in [0.717, 1.165) is 36.6 Å². The van der Waals surface area contributed by atoms with Crippen LogP contribution in [0.4, 0.5) is 0 Å². The van der Waals surface area contributed by atoms with Crippen molar-refractivity contribution in [2.75, 3.05) is 33.3 Å². The summed E-state index contributed by atoms with van der Waals surface area (Å²) in [6, 6.07) is 27.3. The Balaban J connectivity index is 1.40. The molecule has 0 aliphatic carbocycles. The third-order valence-corrected chi connectivity index (χ3v) is 6.63. The van der Waals surface area contributed by atoms with Crippen LogP contribution in [0, 0.1) is 0 Å². The lowest BCUT2D eigenvalue weighted by atomic mass is 10.1. The normalized spacial score (nSPS) is 14.2. The van der Waals surface area contributed by atoms with Gasteiger partial charge in [-0.25, -0.2) is 4.68 Å². The van der Waals surface area contributed by atoms with Gasteiger partial charge in [-0.2, -0.15) is 5.10 Å². The highest BCUT2D eigenvalue weighted by molar-refractivity contribution is 6.33. The van der Waals surface area contributed by atoms with Crippen LogP contribution in [0.5, 0.6) is 5.75 Å². The van der Waals surface area contributed by atoms with Gasteiger partial charge >= 0.3 is 0 Å². The van der Waals surface area contributed by atoms with Crippen molar-refractivity contribution in [1.82, 2.24) is 19.6 Å². The van der Waals surface area contributed by atoms with Crippen LogP contribution in [0.2, 0.25) is 5.02 Å². The number of hydrogen-bond donors (Lipinski definition) is 0. The summed E-state index contributed by atoms with van der Waals surface area (Å²) in [5, 5.41) is 5.38. The van der Waals surface area contributed by atoms with Crippen molar-refractivity contribution in [2.45, 2.75) is 6.54 Å². The molecule has 6 nitrogen and oxygen atoms in total. The lowest BCUT2D eigenvalue weighted by Crippen LogP contribution is -2.48. The first-order valence-corrected chi connectivity index (χ1v) is 12.0. The molecule has 0 unspecified atom stereocenters. The summed E-state index contributed by atoms with van der Waals surface area (Å²) < 4.78 is 7.00. The highest BCUT2D eigenvalue weighted by Gasteiger charge is 2.26. The quantitative estimate of drug-likeness (QED) is 0.378. The Kier molecular flexibility index (Phi) is 6.84. The summed E-state index contributed by atoms with van der Waals surface area (Å²) in [5.41, 5.74) is 4.05. The van der Waals surface area contributed by atoms with E-state index in [4.69, 9.17) is 21.4 Å². The smallest absolute Gasteiger partial charge is 0.272 e. The highest BCUT2D eigenvalue weighted by atomic mass is 35.5. The molecule has 0 atom stereocenters. The minimum atomic E-state index is -0.0361. The molecule has 1 amide bonds. The van der Waals surface area contributed by atoms with Crippen LogP contribution < -0.4 is 4.74 Å². The van der Waals surface area contributed by atoms with Crippen molar-refractivity contribution in [1.29, 1.82) is 0 Å². The molecule has 0 bridgehead atoms. The molecule has 3 aromatic carbocycles. The molecule has 1 aromatic heterocycles. The molecule has 178 valence electrons. The second kappa shape index (κ2) is 10.3. The first kappa shape index (κ1) is 23.1. The number of carbonyl (C=O) groups is 1. The SMILES string of the molecule is COc1ccc(-n2nc(-c3ccccc3Cl)cc2C(=O)N2CCN(Cc3ccccc3)CC2)cc1. The van der Waals surface area contributed by atoms with Crippen molar-refractivity contribution >= 4 is 17.5 Å². The van der Waals surface area contributed by atoms with Gasteiger partial charge in [-0.3, -0.25) is 9.69 Å². The zero-order chi connectivity index (χ0) is 24.2. The van der Waals surface area contributed by atoms with Crippen molar-refractivity contribution in [3.05, 3.63) is 101 Å². The molecule has 1 saturated heterocycles. The summed E-state index contributed by atoms with van der Waals surface area (Å²) in [5.74, 6) is 0.709. The Morgan fingerprint density at radius 2 is 1.60 bits per heavy atom. The number of benzene rings is 3. The second-order valence-electron chi connectivity index (χ2n) is 8.56. The Morgan fingerprint density at radius 3 is 2.29 bits per heavy atom. The molecule has 0 spiro atoms. The fraction of sp³-hybridized carbons (Fsp3) is 0.214. The van der Waals surface area contributed by atoms with E-state index >= 15 is 0 Å². The molecule has 1 aliphatic heterocycles. The number of carbonyl (C=O) groups excluding carboxylic acids is 1. The van der Waals surface area contributed by atoms with Crippen LogP contribution in [-0.2, 0) is 6.54 Å². The fourth-order valence-corrected chi connectivity index (χ4v) is 4.60. The van der Waals surface area contributed by atoms with Gasteiger partial charge in [-0.05, 0) is 42.0 Å². The van der Waals surface area contributed by atoms with Crippen molar-refractivity contribution in [3.63, 3.8) is 0 Å². The zero-order valence-electron chi connectivity index (χ0n) is 19.6. The number of rotatable bonds is 6. The minimum absolute atomic E-state index is 0.0361. The number of amides is 1. The van der Waals surface area contributed by atoms with E-state index in [-0.39, 0.29) is 5.91 Å². The van der Waals surface area contributed by atoms with E-state index < -0.39 is 0 Å². The lowest BCUT2D eigenvalue weighted by Gasteiger charge is -2.34. The Bertz CT molecular complexity index is 1300. The van der Waals surface area contributed by atoms with Crippen LogP contribution in [0.1, 0.15) is 16.1 Å². The van der Waals surface area contributed by atoms with Gasteiger partial charge in [0.15, 0.2) is 0 Å². The molecule has 2 heterocycles. The number of methoxy groups -OCH3 is 1. The molecule has 1 aliphatic rings. The molecule has 7 heteroatoms. The maximum atomic E-state index is 13.7. The average molecular weight is 487 g/mol. The number of halogens is 1. The summed E-state index contributed by atoms with van der Waals surface area (Å²) >= 11 is 6.45. The third-order valence-electron chi connectivity index (χ3n) is 6.30. The summed E-state index contributed by atoms with van der Waals surface area (Å²) in [4.78, 5) is 18.0. The number of aromatic nitrogens is 2. The fourth-order valence-electron chi connectivity index (χ4n) is 4.37. The molecule has 1 fully saturated rings. The molecule has 0 N–H and O–H groups in total. The summed E-state index contributed by atoms with van der Waals surface area (Å²) in [6.07, 6.45) is 0. The molecule has 35 heavy (non-hydrogen) atoms. The Morgan fingerprint density at radius 1 is 0.914 bits per heavy atom. The van der Waals surface area contributed by atoms with Crippen LogP contribution >= 0.6 is 11.6 Å². The maximum absolute atomic E-state index is 13.7. The van der Waals surface area contributed by atoms with Gasteiger partial charge < -0.3 is 9.64 Å². The minimum Gasteiger partial charge on any atom is -0.497 e. The topological polar surface area (TPSA) is 50.6 Å². The average Bonchev–Trinajstić information content (AvgIpc) is 3.35. The predicted octanol–water partition coefficient (Wildman–Crippen LogP) is 5.16. The van der Waals surface area contributed by atoms with Gasteiger partial charge in [0.25, 0.3) is 5.91 Å². The van der Waals surface area contributed by atoms with Crippen LogP contribution in [0.3, 0.4) is 0 Å². The van der Waals surface area contributed by atoms with E-state index in [9.17, 15) is 4.79 Å². The lowest BCUT2D eigenvalue weighted by molar-refractivity contribution is 0.0619. The number of piperazine rings is 1. The van der Waals surface area contributed by atoms with Gasteiger partial charge in [0, 0.05) is 38.3 Å². The Labute approximate surface area is 210 Å². The molecule has 0 saturated carbocycles. The van der Waals surface area contributed by atoms with E-state index in [0.29, 0.717) is 29.5 Å². The van der Waals surface area contributed by atoms with Crippen LogP contribution in [-0.4, -0.2) is 58.8 Å². The van der Waals surface area contributed by atoms with Crippen molar-refractivity contribution in [3.8, 4) is 22.7 Å². The zero-order valence-corrected chi connectivity index (χ0v) is 20.4. The monoisotopic (exact) mass is 486 g/mol. The standard InChI is InChI=1S/C28H27ClN4O2/c1-35-23-13-11-22(12-14-23)33-27(19-26(30-33)24-9-5-6-10-25(24)29)28(34)32-17-15-31(16-18-32)20-21-7-3-2-4-8-21/h2-14,19H,15-18,20H2,1H3. The third kappa shape index (κ3) is 5.09. The van der Waals surface area contributed by atoms with Gasteiger partial charge in [-0.15, -0.1) is 0 Å².